The fraction of sp³-hybridized carbons (Fsp3) is 0.278. The number of rotatable bonds is 9. The molecule has 2 rings (SSSR count). The Morgan fingerprint density at radius 2 is 1.67 bits per heavy atom. The van der Waals surface area contributed by atoms with E-state index in [-0.39, 0.29) is 12.5 Å². The van der Waals surface area contributed by atoms with Crippen molar-refractivity contribution >= 4 is 11.6 Å². The summed E-state index contributed by atoms with van der Waals surface area (Å²) in [6, 6.07) is 14.3. The largest absolute Gasteiger partial charge is 0.492 e. The minimum atomic E-state index is -0.253. The van der Waals surface area contributed by atoms with Crippen LogP contribution in [0.5, 0.6) is 17.2 Å². The Morgan fingerprint density at radius 3 is 2.29 bits per heavy atom. The number of amides is 1. The van der Waals surface area contributed by atoms with Crippen molar-refractivity contribution in [1.29, 1.82) is 0 Å². The van der Waals surface area contributed by atoms with Gasteiger partial charge < -0.3 is 25.3 Å². The van der Waals surface area contributed by atoms with Crippen molar-refractivity contribution < 1.29 is 19.0 Å². The zero-order chi connectivity index (χ0) is 17.2. The van der Waals surface area contributed by atoms with Crippen molar-refractivity contribution in [3.8, 4) is 17.2 Å². The zero-order valence-corrected chi connectivity index (χ0v) is 13.7. The number of hydrogen-bond donors (Lipinski definition) is 2. The summed E-state index contributed by atoms with van der Waals surface area (Å²) < 4.78 is 16.4. The highest BCUT2D eigenvalue weighted by atomic mass is 16.5. The highest BCUT2D eigenvalue weighted by molar-refractivity contribution is 5.91. The first-order chi connectivity index (χ1) is 11.7. The maximum atomic E-state index is 12.0. The molecule has 24 heavy (non-hydrogen) atoms. The van der Waals surface area contributed by atoms with Crippen molar-refractivity contribution in [3.05, 3.63) is 48.5 Å². The average molecular weight is 330 g/mol. The molecule has 0 heterocycles. The number of anilines is 1. The van der Waals surface area contributed by atoms with Gasteiger partial charge in [0, 0.05) is 12.2 Å². The Hall–Kier alpha value is -2.73. The molecule has 0 aliphatic carbocycles. The summed E-state index contributed by atoms with van der Waals surface area (Å²) in [5, 5.41) is 2.76. The summed E-state index contributed by atoms with van der Waals surface area (Å²) in [5.74, 6) is 1.62. The van der Waals surface area contributed by atoms with Crippen LogP contribution in [0.25, 0.3) is 0 Å². The van der Waals surface area contributed by atoms with E-state index < -0.39 is 0 Å². The molecule has 0 bridgehead atoms. The molecule has 1 amide bonds. The number of hydrogen-bond acceptors (Lipinski definition) is 5. The lowest BCUT2D eigenvalue weighted by Gasteiger charge is -2.12. The second-order valence-corrected chi connectivity index (χ2v) is 4.88. The lowest BCUT2D eigenvalue weighted by molar-refractivity contribution is -0.118. The molecule has 0 saturated carbocycles. The van der Waals surface area contributed by atoms with Crippen LogP contribution in [0.15, 0.2) is 48.5 Å². The van der Waals surface area contributed by atoms with Crippen molar-refractivity contribution in [2.45, 2.75) is 6.92 Å². The molecule has 0 radical (unpaired) electrons. The lowest BCUT2D eigenvalue weighted by atomic mass is 10.3. The zero-order valence-electron chi connectivity index (χ0n) is 13.7. The van der Waals surface area contributed by atoms with E-state index in [0.717, 1.165) is 0 Å². The number of ether oxygens (including phenoxy) is 3. The van der Waals surface area contributed by atoms with Crippen LogP contribution in [-0.2, 0) is 4.79 Å². The Kier molecular flexibility index (Phi) is 6.91. The number of nitrogens with two attached hydrogens (primary N) is 1. The summed E-state index contributed by atoms with van der Waals surface area (Å²) in [6.45, 7) is 3.24. The Balaban J connectivity index is 1.85. The third kappa shape index (κ3) is 5.48. The predicted octanol–water partition coefficient (Wildman–Crippen LogP) is 2.44. The molecule has 2 aromatic rings. The first-order valence-corrected chi connectivity index (χ1v) is 7.80. The van der Waals surface area contributed by atoms with Crippen LogP contribution in [0.1, 0.15) is 6.92 Å². The number of nitrogens with one attached hydrogen (secondary N) is 1. The Bertz CT molecular complexity index is 644. The standard InChI is InChI=1S/C18H22N2O4/c1-2-22-16-5-3-4-6-17(16)24-13-18(21)20-14-7-9-15(10-8-14)23-12-11-19/h3-10H,2,11-13,19H2,1H3,(H,20,21). The van der Waals surface area contributed by atoms with Crippen LogP contribution >= 0.6 is 0 Å². The smallest absolute Gasteiger partial charge is 0.262 e. The summed E-state index contributed by atoms with van der Waals surface area (Å²) in [4.78, 5) is 12.0. The molecule has 6 nitrogen and oxygen atoms in total. The number of benzene rings is 2. The van der Waals surface area contributed by atoms with E-state index >= 15 is 0 Å². The highest BCUT2D eigenvalue weighted by Crippen LogP contribution is 2.26. The Labute approximate surface area is 141 Å². The van der Waals surface area contributed by atoms with Gasteiger partial charge in [-0.15, -0.1) is 0 Å². The summed E-state index contributed by atoms with van der Waals surface area (Å²) in [5.41, 5.74) is 6.05. The van der Waals surface area contributed by atoms with Gasteiger partial charge in [0.25, 0.3) is 5.91 Å². The van der Waals surface area contributed by atoms with Gasteiger partial charge in [0.05, 0.1) is 6.61 Å². The normalized spacial score (nSPS) is 10.1. The summed E-state index contributed by atoms with van der Waals surface area (Å²) in [7, 11) is 0. The number of para-hydroxylation sites is 2. The third-order valence-electron chi connectivity index (χ3n) is 3.03. The van der Waals surface area contributed by atoms with Gasteiger partial charge >= 0.3 is 0 Å². The van der Waals surface area contributed by atoms with E-state index in [2.05, 4.69) is 5.32 Å². The van der Waals surface area contributed by atoms with E-state index in [9.17, 15) is 4.79 Å². The molecule has 0 saturated heterocycles. The quantitative estimate of drug-likeness (QED) is 0.738. The van der Waals surface area contributed by atoms with Gasteiger partial charge in [-0.05, 0) is 43.3 Å². The number of carbonyl (C=O) groups is 1. The minimum Gasteiger partial charge on any atom is -0.492 e. The fourth-order valence-electron chi connectivity index (χ4n) is 2.00. The van der Waals surface area contributed by atoms with E-state index in [1.165, 1.54) is 0 Å². The van der Waals surface area contributed by atoms with Crippen LogP contribution in [0.2, 0.25) is 0 Å². The van der Waals surface area contributed by atoms with Gasteiger partial charge in [0.1, 0.15) is 12.4 Å². The van der Waals surface area contributed by atoms with Crippen LogP contribution in [0.3, 0.4) is 0 Å². The monoisotopic (exact) mass is 330 g/mol. The minimum absolute atomic E-state index is 0.102. The van der Waals surface area contributed by atoms with Crippen LogP contribution in [0, 0.1) is 0 Å². The molecular formula is C18H22N2O4. The predicted molar refractivity (Wildman–Crippen MR) is 92.7 cm³/mol. The molecule has 0 aromatic heterocycles. The van der Waals surface area contributed by atoms with E-state index in [1.54, 1.807) is 36.4 Å². The van der Waals surface area contributed by atoms with Gasteiger partial charge in [0.15, 0.2) is 18.1 Å². The van der Waals surface area contributed by atoms with Crippen molar-refractivity contribution in [3.63, 3.8) is 0 Å². The van der Waals surface area contributed by atoms with Gasteiger partial charge in [0.2, 0.25) is 0 Å². The first kappa shape index (κ1) is 17.6. The van der Waals surface area contributed by atoms with E-state index in [4.69, 9.17) is 19.9 Å². The average Bonchev–Trinajstić information content (AvgIpc) is 2.61. The summed E-state index contributed by atoms with van der Waals surface area (Å²) in [6.07, 6.45) is 0. The fourth-order valence-corrected chi connectivity index (χ4v) is 2.00. The van der Waals surface area contributed by atoms with Crippen molar-refractivity contribution in [1.82, 2.24) is 0 Å². The van der Waals surface area contributed by atoms with Crippen LogP contribution in [-0.4, -0.2) is 32.3 Å². The van der Waals surface area contributed by atoms with Gasteiger partial charge in [-0.1, -0.05) is 12.1 Å². The Morgan fingerprint density at radius 1 is 1.00 bits per heavy atom. The molecule has 0 spiro atoms. The third-order valence-corrected chi connectivity index (χ3v) is 3.03. The number of carbonyl (C=O) groups excluding carboxylic acids is 1. The van der Waals surface area contributed by atoms with Gasteiger partial charge in [-0.25, -0.2) is 0 Å². The van der Waals surface area contributed by atoms with E-state index in [1.807, 2.05) is 19.1 Å². The topological polar surface area (TPSA) is 82.8 Å². The molecule has 0 aliphatic rings. The molecule has 2 aromatic carbocycles. The van der Waals surface area contributed by atoms with Crippen LogP contribution < -0.4 is 25.3 Å². The first-order valence-electron chi connectivity index (χ1n) is 7.80. The molecule has 0 unspecified atom stereocenters. The second-order valence-electron chi connectivity index (χ2n) is 4.88. The molecular weight excluding hydrogens is 308 g/mol. The SMILES string of the molecule is CCOc1ccccc1OCC(=O)Nc1ccc(OCCN)cc1. The van der Waals surface area contributed by atoms with Crippen LogP contribution in [0.4, 0.5) is 5.69 Å². The molecule has 128 valence electrons. The maximum absolute atomic E-state index is 12.0. The molecule has 0 aliphatic heterocycles. The molecule has 0 atom stereocenters. The maximum Gasteiger partial charge on any atom is 0.262 e. The lowest BCUT2D eigenvalue weighted by Crippen LogP contribution is -2.20. The summed E-state index contributed by atoms with van der Waals surface area (Å²) >= 11 is 0. The van der Waals surface area contributed by atoms with Crippen molar-refractivity contribution in [2.24, 2.45) is 5.73 Å². The molecule has 3 N–H and O–H groups in total. The molecule has 0 fully saturated rings. The van der Waals surface area contributed by atoms with Crippen molar-refractivity contribution in [2.75, 3.05) is 31.7 Å². The molecule has 6 heteroatoms. The van der Waals surface area contributed by atoms with Gasteiger partial charge in [-0.2, -0.15) is 0 Å². The van der Waals surface area contributed by atoms with Gasteiger partial charge in [-0.3, -0.25) is 4.79 Å². The second kappa shape index (κ2) is 9.42. The highest BCUT2D eigenvalue weighted by Gasteiger charge is 2.08. The van der Waals surface area contributed by atoms with E-state index in [0.29, 0.717) is 42.7 Å².